The van der Waals surface area contributed by atoms with Gasteiger partial charge in [-0.3, -0.25) is 0 Å². The van der Waals surface area contributed by atoms with Crippen LogP contribution in [-0.2, 0) is 18.9 Å². The van der Waals surface area contributed by atoms with Gasteiger partial charge in [-0.2, -0.15) is 26.3 Å². The molecular weight excluding hydrogens is 455 g/mol. The van der Waals surface area contributed by atoms with Crippen LogP contribution in [0.3, 0.4) is 0 Å². The number of ether oxygens (including phenoxy) is 6. The minimum Gasteiger partial charge on any atom is -0.485 e. The lowest BCUT2D eigenvalue weighted by molar-refractivity contribution is -0.530. The van der Waals surface area contributed by atoms with Gasteiger partial charge >= 0.3 is 24.7 Å². The normalized spacial score (nSPS) is 18.2. The topological polar surface area (TPSA) is 55.4 Å². The van der Waals surface area contributed by atoms with E-state index in [1.165, 1.54) is 11.3 Å². The molecule has 1 unspecified atom stereocenters. The van der Waals surface area contributed by atoms with E-state index < -0.39 is 44.2 Å². The lowest BCUT2D eigenvalue weighted by Crippen LogP contribution is -2.51. The minimum atomic E-state index is -6.41. The summed E-state index contributed by atoms with van der Waals surface area (Å²) >= 11 is 1.30. The zero-order valence-electron chi connectivity index (χ0n) is 13.8. The van der Waals surface area contributed by atoms with Crippen LogP contribution in [-0.4, -0.2) is 57.4 Å². The average Bonchev–Trinajstić information content (AvgIpc) is 2.98. The molecule has 0 aliphatic carbocycles. The zero-order chi connectivity index (χ0) is 21.9. The summed E-state index contributed by atoms with van der Waals surface area (Å²) in [5.41, 5.74) is 0. The number of halogens is 9. The van der Waals surface area contributed by atoms with Gasteiger partial charge in [0.1, 0.15) is 20.0 Å². The molecule has 0 saturated heterocycles. The predicted octanol–water partition coefficient (Wildman–Crippen LogP) is 4.21. The fourth-order valence-corrected chi connectivity index (χ4v) is 2.49. The number of rotatable bonds is 10. The molecule has 0 N–H and O–H groups in total. The Morgan fingerprint density at radius 3 is 2.17 bits per heavy atom. The highest BCUT2D eigenvalue weighted by Gasteiger charge is 2.67. The largest absolute Gasteiger partial charge is 0.527 e. The number of hydrogen-bond acceptors (Lipinski definition) is 7. The Hall–Kier alpha value is -1.49. The monoisotopic (exact) mass is 466 g/mol. The fraction of sp³-hybridized carbons (Fsp3) is 0.692. The molecule has 6 nitrogen and oxygen atoms in total. The van der Waals surface area contributed by atoms with Crippen molar-refractivity contribution in [3.63, 3.8) is 0 Å². The Labute approximate surface area is 160 Å². The Kier molecular flexibility index (Phi) is 7.14. The van der Waals surface area contributed by atoms with E-state index in [4.69, 9.17) is 14.2 Å². The van der Waals surface area contributed by atoms with E-state index >= 15 is 0 Å². The zero-order valence-corrected chi connectivity index (χ0v) is 14.6. The van der Waals surface area contributed by atoms with E-state index in [0.29, 0.717) is 11.5 Å². The first-order valence-electron chi connectivity index (χ1n) is 7.32. The number of fused-ring (bicyclic) bond motifs is 1. The molecule has 2 rings (SSSR count). The average molecular weight is 466 g/mol. The fourth-order valence-electron chi connectivity index (χ4n) is 1.82. The minimum absolute atomic E-state index is 0.0590. The van der Waals surface area contributed by atoms with Crippen LogP contribution in [0.4, 0.5) is 39.5 Å². The highest BCUT2D eigenvalue weighted by atomic mass is 32.1. The molecule has 0 radical (unpaired) electrons. The lowest BCUT2D eigenvalue weighted by Gasteiger charge is -2.29. The van der Waals surface area contributed by atoms with Crippen molar-refractivity contribution in [1.29, 1.82) is 0 Å². The molecule has 168 valence electrons. The lowest BCUT2D eigenvalue weighted by atomic mass is 10.3. The molecule has 1 aliphatic rings. The SMILES string of the molecule is FC(F)(F)OC(F)(F)C(F)(F)OC(F)(F)COCOCC1COc2cscc2O1. The highest BCUT2D eigenvalue weighted by molar-refractivity contribution is 7.08. The number of alkyl halides is 9. The molecule has 0 saturated carbocycles. The van der Waals surface area contributed by atoms with E-state index in [1.54, 1.807) is 10.8 Å². The molecule has 16 heteroatoms. The van der Waals surface area contributed by atoms with E-state index in [2.05, 4.69) is 9.47 Å². The molecule has 1 aliphatic heterocycles. The Morgan fingerprint density at radius 2 is 1.52 bits per heavy atom. The van der Waals surface area contributed by atoms with Gasteiger partial charge in [0.15, 0.2) is 17.6 Å². The molecule has 0 amide bonds. The van der Waals surface area contributed by atoms with E-state index in [0.717, 1.165) is 0 Å². The van der Waals surface area contributed by atoms with Crippen LogP contribution in [0.5, 0.6) is 11.5 Å². The summed E-state index contributed by atoms with van der Waals surface area (Å²) in [4.78, 5) is 0. The van der Waals surface area contributed by atoms with Gasteiger partial charge in [0, 0.05) is 10.8 Å². The van der Waals surface area contributed by atoms with Gasteiger partial charge < -0.3 is 18.9 Å². The van der Waals surface area contributed by atoms with Crippen LogP contribution in [0.15, 0.2) is 10.8 Å². The quantitative estimate of drug-likeness (QED) is 0.293. The Bertz CT molecular complexity index is 665. The smallest absolute Gasteiger partial charge is 0.485 e. The Balaban J connectivity index is 1.72. The van der Waals surface area contributed by atoms with Crippen LogP contribution in [0.1, 0.15) is 0 Å². The summed E-state index contributed by atoms with van der Waals surface area (Å²) in [6.07, 6.45) is -24.7. The van der Waals surface area contributed by atoms with Crippen molar-refractivity contribution < 1.29 is 67.9 Å². The predicted molar refractivity (Wildman–Crippen MR) is 74.1 cm³/mol. The first-order chi connectivity index (χ1) is 13.2. The molecule has 0 bridgehead atoms. The van der Waals surface area contributed by atoms with Crippen LogP contribution in [0, 0.1) is 0 Å². The standard InChI is InChI=1S/C13H11F9O6S/c14-10(15,27-11(16,17)12(18,19)28-13(20,21)22)5-24-6-23-1-7-2-25-8-3-29-4-9(8)26-7/h3-4,7H,1-2,5-6H2. The maximum atomic E-state index is 13.2. The van der Waals surface area contributed by atoms with Crippen molar-refractivity contribution in [3.05, 3.63) is 10.8 Å². The van der Waals surface area contributed by atoms with Crippen molar-refractivity contribution in [2.75, 3.05) is 26.6 Å². The van der Waals surface area contributed by atoms with Gasteiger partial charge in [-0.25, -0.2) is 9.47 Å². The molecule has 1 aromatic rings. The van der Waals surface area contributed by atoms with Crippen LogP contribution >= 0.6 is 11.3 Å². The summed E-state index contributed by atoms with van der Waals surface area (Å²) in [6, 6.07) is 0. The summed E-state index contributed by atoms with van der Waals surface area (Å²) < 4.78 is 137. The van der Waals surface area contributed by atoms with Gasteiger partial charge in [-0.15, -0.1) is 24.5 Å². The summed E-state index contributed by atoms with van der Waals surface area (Å²) in [5.74, 6) is 0.937. The molecule has 29 heavy (non-hydrogen) atoms. The van der Waals surface area contributed by atoms with Crippen LogP contribution < -0.4 is 9.47 Å². The van der Waals surface area contributed by atoms with Crippen molar-refractivity contribution in [1.82, 2.24) is 0 Å². The first kappa shape index (κ1) is 23.8. The second-order valence-electron chi connectivity index (χ2n) is 5.31. The Morgan fingerprint density at radius 1 is 0.897 bits per heavy atom. The van der Waals surface area contributed by atoms with E-state index in [-0.39, 0.29) is 13.2 Å². The molecular formula is C13H11F9O6S. The van der Waals surface area contributed by atoms with Crippen molar-refractivity contribution >= 4 is 11.3 Å². The van der Waals surface area contributed by atoms with Gasteiger partial charge in [-0.05, 0) is 0 Å². The molecule has 0 spiro atoms. The van der Waals surface area contributed by atoms with Crippen molar-refractivity contribution in [3.8, 4) is 11.5 Å². The maximum absolute atomic E-state index is 13.2. The van der Waals surface area contributed by atoms with Crippen molar-refractivity contribution in [2.45, 2.75) is 30.8 Å². The molecule has 0 fully saturated rings. The first-order valence-corrected chi connectivity index (χ1v) is 8.27. The van der Waals surface area contributed by atoms with Gasteiger partial charge in [-0.1, -0.05) is 0 Å². The van der Waals surface area contributed by atoms with Gasteiger partial charge in [0.25, 0.3) is 0 Å². The molecule has 0 aromatic carbocycles. The highest BCUT2D eigenvalue weighted by Crippen LogP contribution is 2.43. The second kappa shape index (κ2) is 8.71. The number of hydrogen-bond donors (Lipinski definition) is 0. The van der Waals surface area contributed by atoms with E-state index in [9.17, 15) is 39.5 Å². The maximum Gasteiger partial charge on any atom is 0.527 e. The van der Waals surface area contributed by atoms with Crippen LogP contribution in [0.25, 0.3) is 0 Å². The third kappa shape index (κ3) is 7.06. The van der Waals surface area contributed by atoms with Crippen molar-refractivity contribution in [2.24, 2.45) is 0 Å². The van der Waals surface area contributed by atoms with Gasteiger partial charge in [0.05, 0.1) is 6.61 Å². The van der Waals surface area contributed by atoms with Gasteiger partial charge in [0.2, 0.25) is 0 Å². The molecule has 2 heterocycles. The number of thiophene rings is 1. The summed E-state index contributed by atoms with van der Waals surface area (Å²) in [5, 5.41) is 3.31. The summed E-state index contributed by atoms with van der Waals surface area (Å²) in [6.45, 7) is -3.11. The third-order valence-corrected chi connectivity index (χ3v) is 3.61. The van der Waals surface area contributed by atoms with E-state index in [1.807, 2.05) is 4.74 Å². The second-order valence-corrected chi connectivity index (χ2v) is 6.05. The molecule has 1 aromatic heterocycles. The van der Waals surface area contributed by atoms with Crippen LogP contribution in [0.2, 0.25) is 0 Å². The third-order valence-electron chi connectivity index (χ3n) is 2.91. The summed E-state index contributed by atoms with van der Waals surface area (Å²) in [7, 11) is 0. The molecule has 1 atom stereocenters.